The number of esters is 2. The van der Waals surface area contributed by atoms with E-state index in [-0.39, 0.29) is 52.5 Å². The van der Waals surface area contributed by atoms with Crippen molar-refractivity contribution >= 4 is 24.2 Å². The summed E-state index contributed by atoms with van der Waals surface area (Å²) in [5.74, 6) is -0.301. The van der Waals surface area contributed by atoms with Gasteiger partial charge in [0, 0.05) is 26.2 Å². The van der Waals surface area contributed by atoms with E-state index in [1.165, 1.54) is 38.5 Å². The molecule has 0 heterocycles. The largest absolute Gasteiger partial charge is 0.508 e. The smallest absolute Gasteiger partial charge is 0.462 e. The number of aliphatic hydroxyl groups excluding tert-OH is 2. The second-order valence-corrected chi connectivity index (χ2v) is 15.0. The summed E-state index contributed by atoms with van der Waals surface area (Å²) < 4.78 is 31.5. The number of carbonyl (C=O) groups excluding carboxylic acids is 4. The molecule has 0 bridgehead atoms. The number of rotatable bonds is 40. The first-order chi connectivity index (χ1) is 27.7. The number of ether oxygens (including phenoxy) is 6. The van der Waals surface area contributed by atoms with E-state index < -0.39 is 24.2 Å². The van der Waals surface area contributed by atoms with Gasteiger partial charge >= 0.3 is 24.2 Å². The van der Waals surface area contributed by atoms with E-state index >= 15 is 0 Å². The maximum Gasteiger partial charge on any atom is 0.508 e. The summed E-state index contributed by atoms with van der Waals surface area (Å²) in [6, 6.07) is 0. The first-order valence-electron chi connectivity index (χ1n) is 22.3. The van der Waals surface area contributed by atoms with Crippen LogP contribution in [0.1, 0.15) is 150 Å². The van der Waals surface area contributed by atoms with Crippen LogP contribution in [-0.2, 0) is 38.0 Å². The fourth-order valence-corrected chi connectivity index (χ4v) is 6.46. The highest BCUT2D eigenvalue weighted by Gasteiger charge is 2.17. The Balaban J connectivity index is 4.69. The molecule has 14 heteroatoms. The lowest BCUT2D eigenvalue weighted by Gasteiger charge is -2.24. The minimum atomic E-state index is -0.762. The maximum atomic E-state index is 12.5. The van der Waals surface area contributed by atoms with Crippen molar-refractivity contribution in [2.45, 2.75) is 150 Å². The molecule has 0 spiro atoms. The van der Waals surface area contributed by atoms with Gasteiger partial charge < -0.3 is 43.5 Å². The predicted molar refractivity (Wildman–Crippen MR) is 221 cm³/mol. The van der Waals surface area contributed by atoms with Gasteiger partial charge in [0.2, 0.25) is 0 Å². The van der Waals surface area contributed by atoms with Crippen LogP contribution in [0.4, 0.5) is 9.59 Å². The first kappa shape index (κ1) is 54.3. The number of hydrogen-bond acceptors (Lipinski definition) is 14. The Morgan fingerprint density at radius 1 is 0.421 bits per heavy atom. The third-order valence-electron chi connectivity index (χ3n) is 9.92. The monoisotopic (exact) mass is 819 g/mol. The molecular formula is C43H82N2O12. The molecule has 0 aliphatic heterocycles. The van der Waals surface area contributed by atoms with Gasteiger partial charge in [0.1, 0.15) is 26.4 Å². The summed E-state index contributed by atoms with van der Waals surface area (Å²) in [6.45, 7) is 11.5. The summed E-state index contributed by atoms with van der Waals surface area (Å²) in [6.07, 6.45) is 17.1. The summed E-state index contributed by atoms with van der Waals surface area (Å²) in [5, 5.41) is 18.7. The lowest BCUT2D eigenvalue weighted by molar-refractivity contribution is -0.145. The van der Waals surface area contributed by atoms with Gasteiger partial charge in [-0.25, -0.2) is 9.59 Å². The zero-order valence-corrected chi connectivity index (χ0v) is 36.4. The quantitative estimate of drug-likeness (QED) is 0.0350. The zero-order chi connectivity index (χ0) is 42.2. The molecule has 0 amide bonds. The van der Waals surface area contributed by atoms with E-state index in [1.54, 1.807) is 0 Å². The van der Waals surface area contributed by atoms with Crippen LogP contribution in [0.15, 0.2) is 0 Å². The summed E-state index contributed by atoms with van der Waals surface area (Å²) in [7, 11) is 0. The zero-order valence-electron chi connectivity index (χ0n) is 36.4. The van der Waals surface area contributed by atoms with Crippen molar-refractivity contribution in [1.82, 2.24) is 9.80 Å². The highest BCUT2D eigenvalue weighted by atomic mass is 16.7. The molecule has 0 rings (SSSR count). The van der Waals surface area contributed by atoms with Crippen LogP contribution in [0.2, 0.25) is 0 Å². The second-order valence-electron chi connectivity index (χ2n) is 15.0. The molecule has 57 heavy (non-hydrogen) atoms. The fourth-order valence-electron chi connectivity index (χ4n) is 6.46. The van der Waals surface area contributed by atoms with Crippen LogP contribution in [0.3, 0.4) is 0 Å². The molecule has 0 saturated carbocycles. The van der Waals surface area contributed by atoms with E-state index in [0.717, 1.165) is 64.2 Å². The molecule has 14 nitrogen and oxygen atoms in total. The lowest BCUT2D eigenvalue weighted by Crippen LogP contribution is -2.35. The standard InChI is InChI=1S/C43H82N2O12/c1-5-9-13-15-20-38(18-11-7-3)36-56-42(50)54-34-32-52-40(48)22-26-44(24-17-25-45(28-30-46)29-31-47)27-23-41(49)53-33-35-55-43(51)57-37-39(19-12-8-4)21-16-14-10-6-2/h38-39,46-47H,5-37H2,1-4H3. The van der Waals surface area contributed by atoms with E-state index in [4.69, 9.17) is 28.4 Å². The third-order valence-corrected chi connectivity index (χ3v) is 9.92. The van der Waals surface area contributed by atoms with Crippen molar-refractivity contribution in [3.63, 3.8) is 0 Å². The maximum absolute atomic E-state index is 12.5. The van der Waals surface area contributed by atoms with Crippen molar-refractivity contribution in [1.29, 1.82) is 0 Å². The van der Waals surface area contributed by atoms with Gasteiger partial charge in [-0.15, -0.1) is 0 Å². The predicted octanol–water partition coefficient (Wildman–Crippen LogP) is 7.69. The van der Waals surface area contributed by atoms with E-state index in [0.29, 0.717) is 70.7 Å². The van der Waals surface area contributed by atoms with Crippen LogP contribution in [0, 0.1) is 11.8 Å². The van der Waals surface area contributed by atoms with Crippen LogP contribution in [-0.4, -0.2) is 136 Å². The third kappa shape index (κ3) is 35.0. The lowest BCUT2D eigenvalue weighted by atomic mass is 9.96. The average Bonchev–Trinajstić information content (AvgIpc) is 3.20. The van der Waals surface area contributed by atoms with Crippen molar-refractivity contribution in [3.8, 4) is 0 Å². The number of carbonyl (C=O) groups is 4. The highest BCUT2D eigenvalue weighted by molar-refractivity contribution is 5.70. The Labute approximate surface area is 345 Å². The molecule has 0 radical (unpaired) electrons. The number of unbranched alkanes of at least 4 members (excludes halogenated alkanes) is 8. The molecule has 2 atom stereocenters. The molecule has 0 aromatic carbocycles. The molecule has 2 unspecified atom stereocenters. The van der Waals surface area contributed by atoms with Crippen molar-refractivity contribution in [3.05, 3.63) is 0 Å². The minimum absolute atomic E-state index is 0.0263. The molecular weight excluding hydrogens is 736 g/mol. The van der Waals surface area contributed by atoms with E-state index in [2.05, 4.69) is 27.7 Å². The van der Waals surface area contributed by atoms with Crippen LogP contribution in [0.5, 0.6) is 0 Å². The first-order valence-corrected chi connectivity index (χ1v) is 22.3. The van der Waals surface area contributed by atoms with Crippen molar-refractivity contribution in [2.75, 3.05) is 92.1 Å². The van der Waals surface area contributed by atoms with Gasteiger partial charge in [-0.05, 0) is 57.0 Å². The summed E-state index contributed by atoms with van der Waals surface area (Å²) in [4.78, 5) is 53.3. The molecule has 0 saturated heterocycles. The van der Waals surface area contributed by atoms with Crippen molar-refractivity contribution < 1.29 is 57.8 Å². The molecule has 2 N–H and O–H groups in total. The summed E-state index contributed by atoms with van der Waals surface area (Å²) >= 11 is 0. The summed E-state index contributed by atoms with van der Waals surface area (Å²) in [5.41, 5.74) is 0. The van der Waals surface area contributed by atoms with E-state index in [9.17, 15) is 29.4 Å². The average molecular weight is 819 g/mol. The SMILES string of the molecule is CCCCCCC(CCCC)COC(=O)OCCOC(=O)CCN(CCCN(CCO)CCO)CCC(=O)OCCOC(=O)OCC(CCCC)CCCCCC. The molecule has 0 aliphatic rings. The van der Waals surface area contributed by atoms with Gasteiger partial charge in [0.15, 0.2) is 0 Å². The topological polar surface area (TPSA) is 171 Å². The number of nitrogens with zero attached hydrogens (tertiary/aromatic N) is 2. The van der Waals surface area contributed by atoms with Crippen molar-refractivity contribution in [2.24, 2.45) is 11.8 Å². The van der Waals surface area contributed by atoms with Gasteiger partial charge in [0.25, 0.3) is 0 Å². The second kappa shape index (κ2) is 40.1. The van der Waals surface area contributed by atoms with Gasteiger partial charge in [-0.2, -0.15) is 0 Å². The molecule has 0 aliphatic carbocycles. The Hall–Kier alpha value is -2.68. The minimum Gasteiger partial charge on any atom is -0.462 e. The molecule has 336 valence electrons. The van der Waals surface area contributed by atoms with Gasteiger partial charge in [-0.3, -0.25) is 14.5 Å². The normalized spacial score (nSPS) is 12.4. The number of aliphatic hydroxyl groups is 2. The Morgan fingerprint density at radius 2 is 0.789 bits per heavy atom. The van der Waals surface area contributed by atoms with Crippen LogP contribution < -0.4 is 0 Å². The molecule has 0 aromatic rings. The Morgan fingerprint density at radius 3 is 1.18 bits per heavy atom. The van der Waals surface area contributed by atoms with E-state index in [1.807, 2.05) is 9.80 Å². The van der Waals surface area contributed by atoms with Gasteiger partial charge in [-0.1, -0.05) is 105 Å². The van der Waals surface area contributed by atoms with Gasteiger partial charge in [0.05, 0.1) is 39.3 Å². The number of hydrogen-bond donors (Lipinski definition) is 2. The molecule has 0 fully saturated rings. The fraction of sp³-hybridized carbons (Fsp3) is 0.907. The Kier molecular flexibility index (Phi) is 38.2. The highest BCUT2D eigenvalue weighted by Crippen LogP contribution is 2.19. The van der Waals surface area contributed by atoms with Crippen LogP contribution >= 0.6 is 0 Å². The Bertz CT molecular complexity index is 902. The molecule has 0 aromatic heterocycles. The van der Waals surface area contributed by atoms with Crippen LogP contribution in [0.25, 0.3) is 0 Å².